The summed E-state index contributed by atoms with van der Waals surface area (Å²) in [5.41, 5.74) is 0.868. The summed E-state index contributed by atoms with van der Waals surface area (Å²) < 4.78 is 63.7. The minimum Gasteiger partial charge on any atom is -0.406 e. The zero-order valence-corrected chi connectivity index (χ0v) is 12.0. The number of alkyl halides is 3. The maximum Gasteiger partial charge on any atom is 0.573 e. The van der Waals surface area contributed by atoms with Crippen molar-refractivity contribution in [1.82, 2.24) is 0 Å². The molecule has 0 radical (unpaired) electrons. The third-order valence-corrected chi connectivity index (χ3v) is 3.82. The molecule has 0 fully saturated rings. The Balaban J connectivity index is 2.44. The van der Waals surface area contributed by atoms with Crippen molar-refractivity contribution in [2.24, 2.45) is 5.14 Å². The van der Waals surface area contributed by atoms with Crippen LogP contribution in [0.5, 0.6) is 5.75 Å². The van der Waals surface area contributed by atoms with Gasteiger partial charge in [0.15, 0.2) is 0 Å². The monoisotopic (exact) mass is 331 g/mol. The van der Waals surface area contributed by atoms with Gasteiger partial charge in [-0.1, -0.05) is 30.3 Å². The predicted octanol–water partition coefficient (Wildman–Crippen LogP) is 2.82. The average Bonchev–Trinajstić information content (AvgIpc) is 2.36. The molecule has 2 aromatic rings. The van der Waals surface area contributed by atoms with Crippen molar-refractivity contribution in [3.8, 4) is 5.75 Å². The number of hydrogen-bond acceptors (Lipinski definition) is 3. The molecule has 118 valence electrons. The third kappa shape index (κ3) is 4.47. The molecule has 0 aromatic heterocycles. The second-order valence-corrected chi connectivity index (χ2v) is 6.05. The lowest BCUT2D eigenvalue weighted by Gasteiger charge is -2.13. The smallest absolute Gasteiger partial charge is 0.406 e. The van der Waals surface area contributed by atoms with Gasteiger partial charge in [0.25, 0.3) is 0 Å². The highest BCUT2D eigenvalue weighted by atomic mass is 32.2. The summed E-state index contributed by atoms with van der Waals surface area (Å²) in [6, 6.07) is 11.7. The van der Waals surface area contributed by atoms with E-state index in [0.29, 0.717) is 0 Å². The van der Waals surface area contributed by atoms with Crippen molar-refractivity contribution in [2.75, 3.05) is 0 Å². The molecule has 0 aliphatic rings. The van der Waals surface area contributed by atoms with Crippen molar-refractivity contribution in [3.05, 3.63) is 59.7 Å². The molecule has 0 spiro atoms. The van der Waals surface area contributed by atoms with E-state index in [2.05, 4.69) is 4.74 Å². The number of benzene rings is 2. The Labute approximate surface area is 125 Å². The Morgan fingerprint density at radius 1 is 1.05 bits per heavy atom. The summed E-state index contributed by atoms with van der Waals surface area (Å²) in [6.07, 6.45) is -4.74. The minimum atomic E-state index is -4.85. The van der Waals surface area contributed by atoms with Gasteiger partial charge < -0.3 is 4.74 Å². The number of hydrogen-bond donors (Lipinski definition) is 1. The zero-order valence-electron chi connectivity index (χ0n) is 11.2. The molecule has 0 saturated heterocycles. The highest BCUT2D eigenvalue weighted by Gasteiger charge is 2.31. The van der Waals surface area contributed by atoms with E-state index >= 15 is 0 Å². The van der Waals surface area contributed by atoms with Crippen LogP contribution in [0.3, 0.4) is 0 Å². The molecule has 2 N–H and O–H groups in total. The summed E-state index contributed by atoms with van der Waals surface area (Å²) in [6.45, 7) is 0. The van der Waals surface area contributed by atoms with Gasteiger partial charge >= 0.3 is 6.36 Å². The fourth-order valence-corrected chi connectivity index (χ4v) is 2.74. The number of primary sulfonamides is 1. The Bertz CT molecular complexity index is 759. The highest BCUT2D eigenvalue weighted by molar-refractivity contribution is 7.89. The first kappa shape index (κ1) is 16.3. The molecule has 0 aliphatic heterocycles. The van der Waals surface area contributed by atoms with Crippen LogP contribution in [0.1, 0.15) is 11.1 Å². The molecule has 0 heterocycles. The van der Waals surface area contributed by atoms with Crippen molar-refractivity contribution in [2.45, 2.75) is 17.7 Å². The van der Waals surface area contributed by atoms with E-state index < -0.39 is 22.1 Å². The Morgan fingerprint density at radius 2 is 1.68 bits per heavy atom. The van der Waals surface area contributed by atoms with Gasteiger partial charge in [-0.3, -0.25) is 0 Å². The Kier molecular flexibility index (Phi) is 4.43. The Hall–Kier alpha value is -2.06. The van der Waals surface area contributed by atoms with E-state index in [4.69, 9.17) is 5.14 Å². The van der Waals surface area contributed by atoms with Crippen molar-refractivity contribution in [1.29, 1.82) is 0 Å². The number of nitrogens with two attached hydrogens (primary N) is 1. The van der Waals surface area contributed by atoms with E-state index in [1.807, 2.05) is 0 Å². The quantitative estimate of drug-likeness (QED) is 0.936. The third-order valence-electron chi connectivity index (χ3n) is 2.81. The molecule has 2 aromatic carbocycles. The van der Waals surface area contributed by atoms with E-state index in [9.17, 15) is 21.6 Å². The lowest BCUT2D eigenvalue weighted by Crippen LogP contribution is -2.18. The topological polar surface area (TPSA) is 69.4 Å². The fourth-order valence-electron chi connectivity index (χ4n) is 1.98. The Morgan fingerprint density at radius 3 is 2.23 bits per heavy atom. The van der Waals surface area contributed by atoms with Crippen molar-refractivity contribution < 1.29 is 26.3 Å². The summed E-state index contributed by atoms with van der Waals surface area (Å²) >= 11 is 0. The maximum atomic E-state index is 12.3. The second kappa shape index (κ2) is 5.98. The van der Waals surface area contributed by atoms with Crippen molar-refractivity contribution >= 4 is 10.0 Å². The number of ether oxygens (including phenoxy) is 1. The lowest BCUT2D eigenvalue weighted by atomic mass is 10.0. The largest absolute Gasteiger partial charge is 0.573 e. The average molecular weight is 331 g/mol. The van der Waals surface area contributed by atoms with Crippen LogP contribution in [0.25, 0.3) is 0 Å². The number of rotatable bonds is 4. The van der Waals surface area contributed by atoms with E-state index in [1.54, 1.807) is 30.3 Å². The second-order valence-electron chi connectivity index (χ2n) is 4.52. The molecule has 0 amide bonds. The molecular formula is C14H12F3NO3S. The number of halogens is 3. The number of sulfonamides is 1. The van der Waals surface area contributed by atoms with Crippen LogP contribution in [-0.2, 0) is 16.4 Å². The van der Waals surface area contributed by atoms with Crippen LogP contribution in [0, 0.1) is 0 Å². The van der Waals surface area contributed by atoms with Gasteiger partial charge in [0, 0.05) is 0 Å². The summed E-state index contributed by atoms with van der Waals surface area (Å²) in [4.78, 5) is -0.231. The van der Waals surface area contributed by atoms with Crippen LogP contribution < -0.4 is 9.88 Å². The summed E-state index contributed by atoms with van der Waals surface area (Å²) in [5.74, 6) is -0.495. The van der Waals surface area contributed by atoms with Crippen LogP contribution in [0.15, 0.2) is 53.4 Å². The maximum absolute atomic E-state index is 12.3. The van der Waals surface area contributed by atoms with Crippen LogP contribution in [0.4, 0.5) is 13.2 Å². The van der Waals surface area contributed by atoms with E-state index in [-0.39, 0.29) is 16.9 Å². The van der Waals surface area contributed by atoms with Gasteiger partial charge in [-0.2, -0.15) is 0 Å². The molecule has 0 saturated carbocycles. The first-order valence-electron chi connectivity index (χ1n) is 6.10. The molecular weight excluding hydrogens is 319 g/mol. The van der Waals surface area contributed by atoms with Gasteiger partial charge in [0.05, 0.1) is 4.90 Å². The van der Waals surface area contributed by atoms with Gasteiger partial charge in [0.1, 0.15) is 5.75 Å². The predicted molar refractivity (Wildman–Crippen MR) is 73.7 cm³/mol. The first-order valence-corrected chi connectivity index (χ1v) is 7.65. The van der Waals surface area contributed by atoms with Gasteiger partial charge in [-0.15, -0.1) is 13.2 Å². The van der Waals surface area contributed by atoms with Crippen LogP contribution in [-0.4, -0.2) is 14.8 Å². The summed E-state index contributed by atoms with van der Waals surface area (Å²) in [7, 11) is -4.05. The van der Waals surface area contributed by atoms with Crippen LogP contribution in [0.2, 0.25) is 0 Å². The molecule has 0 unspecified atom stereocenters. The molecule has 0 atom stereocenters. The van der Waals surface area contributed by atoms with Gasteiger partial charge in [-0.05, 0) is 35.7 Å². The lowest BCUT2D eigenvalue weighted by molar-refractivity contribution is -0.274. The summed E-state index contributed by atoms with van der Waals surface area (Å²) in [5, 5.41) is 5.10. The fraction of sp³-hybridized carbons (Fsp3) is 0.143. The van der Waals surface area contributed by atoms with E-state index in [1.165, 1.54) is 0 Å². The molecule has 22 heavy (non-hydrogen) atoms. The van der Waals surface area contributed by atoms with Crippen molar-refractivity contribution in [3.63, 3.8) is 0 Å². The van der Waals surface area contributed by atoms with Gasteiger partial charge in [-0.25, -0.2) is 13.6 Å². The SMILES string of the molecule is NS(=O)(=O)c1ccc(OC(F)(F)F)cc1Cc1ccccc1. The van der Waals surface area contributed by atoms with Gasteiger partial charge in [0.2, 0.25) is 10.0 Å². The van der Waals surface area contributed by atoms with E-state index in [0.717, 1.165) is 23.8 Å². The normalized spacial score (nSPS) is 12.2. The molecule has 4 nitrogen and oxygen atoms in total. The molecule has 0 bridgehead atoms. The molecule has 0 aliphatic carbocycles. The van der Waals surface area contributed by atoms with Crippen LogP contribution >= 0.6 is 0 Å². The first-order chi connectivity index (χ1) is 10.1. The minimum absolute atomic E-state index is 0.113. The standard InChI is InChI=1S/C14H12F3NO3S/c15-14(16,17)21-12-6-7-13(22(18,19)20)11(9-12)8-10-4-2-1-3-5-10/h1-7,9H,8H2,(H2,18,19,20). The molecule has 8 heteroatoms. The zero-order chi connectivity index (χ0) is 16.4. The molecule has 2 rings (SSSR count). The highest BCUT2D eigenvalue weighted by Crippen LogP contribution is 2.28.